The van der Waals surface area contributed by atoms with Crippen LogP contribution in [-0.2, 0) is 34.3 Å². The fourth-order valence-corrected chi connectivity index (χ4v) is 3.91. The van der Waals surface area contributed by atoms with Crippen LogP contribution < -0.4 is 0 Å². The molecule has 0 spiro atoms. The number of hydrogen-bond acceptors (Lipinski definition) is 2. The Morgan fingerprint density at radius 2 is 1.91 bits per heavy atom. The molecule has 0 radical (unpaired) electrons. The molecule has 1 atom stereocenters. The van der Waals surface area contributed by atoms with E-state index in [0.29, 0.717) is 18.7 Å². The molecule has 120 valence electrons. The predicted molar refractivity (Wildman–Crippen MR) is 88.7 cm³/mol. The molecular formula is C18H18FNO2S. The molecule has 0 N–H and O–H groups in total. The lowest BCUT2D eigenvalue weighted by Crippen LogP contribution is -2.38. The molecule has 3 nitrogen and oxygen atoms in total. The van der Waals surface area contributed by atoms with Crippen LogP contribution in [0.3, 0.4) is 0 Å². The Labute approximate surface area is 137 Å². The molecule has 1 unspecified atom stereocenters. The van der Waals surface area contributed by atoms with Gasteiger partial charge in [0.1, 0.15) is 11.6 Å². The Balaban J connectivity index is 1.58. The third-order valence-electron chi connectivity index (χ3n) is 3.98. The van der Waals surface area contributed by atoms with Crippen LogP contribution in [0.4, 0.5) is 4.39 Å². The highest BCUT2D eigenvalue weighted by molar-refractivity contribution is 7.84. The van der Waals surface area contributed by atoms with Crippen LogP contribution in [0.25, 0.3) is 0 Å². The maximum atomic E-state index is 13.1. The van der Waals surface area contributed by atoms with Gasteiger partial charge in [-0.15, -0.1) is 0 Å². The van der Waals surface area contributed by atoms with Crippen molar-refractivity contribution in [1.82, 2.24) is 4.90 Å². The van der Waals surface area contributed by atoms with E-state index in [0.717, 1.165) is 12.0 Å². The molecule has 0 saturated carbocycles. The van der Waals surface area contributed by atoms with Crippen molar-refractivity contribution in [2.45, 2.75) is 18.7 Å². The van der Waals surface area contributed by atoms with Crippen LogP contribution in [0.2, 0.25) is 0 Å². The van der Waals surface area contributed by atoms with Gasteiger partial charge in [-0.2, -0.15) is 0 Å². The Morgan fingerprint density at radius 1 is 1.13 bits per heavy atom. The van der Waals surface area contributed by atoms with Crippen molar-refractivity contribution >= 4 is 16.7 Å². The normalized spacial score (nSPS) is 15.1. The second-order valence-electron chi connectivity index (χ2n) is 5.69. The highest BCUT2D eigenvalue weighted by atomic mass is 32.2. The number of hydrogen-bond donors (Lipinski definition) is 0. The second kappa shape index (κ2) is 7.04. The van der Waals surface area contributed by atoms with Crippen LogP contribution in [0.5, 0.6) is 0 Å². The van der Waals surface area contributed by atoms with E-state index in [-0.39, 0.29) is 23.2 Å². The van der Waals surface area contributed by atoms with Crippen LogP contribution in [-0.4, -0.2) is 27.3 Å². The third-order valence-corrected chi connectivity index (χ3v) is 5.21. The molecule has 1 heterocycles. The van der Waals surface area contributed by atoms with Crippen LogP contribution in [0.1, 0.15) is 16.7 Å². The fourth-order valence-electron chi connectivity index (χ4n) is 2.80. The monoisotopic (exact) mass is 331 g/mol. The molecule has 23 heavy (non-hydrogen) atoms. The van der Waals surface area contributed by atoms with Gasteiger partial charge in [-0.3, -0.25) is 9.00 Å². The number of rotatable bonds is 4. The first-order chi connectivity index (χ1) is 11.1. The van der Waals surface area contributed by atoms with E-state index >= 15 is 0 Å². The lowest BCUT2D eigenvalue weighted by Gasteiger charge is -2.28. The SMILES string of the molecule is O=C(CS(=O)Cc1cccc(F)c1)N1CCc2ccccc2C1. The smallest absolute Gasteiger partial charge is 0.235 e. The molecule has 0 saturated heterocycles. The molecule has 3 rings (SSSR count). The zero-order valence-corrected chi connectivity index (χ0v) is 13.5. The minimum atomic E-state index is -1.33. The number of amides is 1. The van der Waals surface area contributed by atoms with E-state index in [2.05, 4.69) is 6.07 Å². The zero-order chi connectivity index (χ0) is 16.2. The number of carbonyl (C=O) groups is 1. The summed E-state index contributed by atoms with van der Waals surface area (Å²) in [5.41, 5.74) is 3.08. The van der Waals surface area contributed by atoms with Crippen molar-refractivity contribution in [2.24, 2.45) is 0 Å². The van der Waals surface area contributed by atoms with E-state index in [9.17, 15) is 13.4 Å². The standard InChI is InChI=1S/C18H18FNO2S/c19-17-7-3-4-14(10-17)12-23(22)13-18(21)20-9-8-15-5-1-2-6-16(15)11-20/h1-7,10H,8-9,11-13H2. The maximum absolute atomic E-state index is 13.1. The summed E-state index contributed by atoms with van der Waals surface area (Å²) in [6.07, 6.45) is 0.832. The second-order valence-corrected chi connectivity index (χ2v) is 7.15. The molecular weight excluding hydrogens is 313 g/mol. The predicted octanol–water partition coefficient (Wildman–Crippen LogP) is 2.66. The molecule has 0 aromatic heterocycles. The quantitative estimate of drug-likeness (QED) is 0.864. The van der Waals surface area contributed by atoms with Crippen LogP contribution in [0.15, 0.2) is 48.5 Å². The number of fused-ring (bicyclic) bond motifs is 1. The molecule has 0 bridgehead atoms. The van der Waals surface area contributed by atoms with Gasteiger partial charge in [0.15, 0.2) is 0 Å². The van der Waals surface area contributed by atoms with E-state index in [4.69, 9.17) is 0 Å². The molecule has 5 heteroatoms. The van der Waals surface area contributed by atoms with Gasteiger partial charge in [-0.05, 0) is 35.2 Å². The summed E-state index contributed by atoms with van der Waals surface area (Å²) < 4.78 is 25.3. The van der Waals surface area contributed by atoms with Crippen molar-refractivity contribution in [3.63, 3.8) is 0 Å². The third kappa shape index (κ3) is 4.05. The summed E-state index contributed by atoms with van der Waals surface area (Å²) in [6.45, 7) is 1.24. The average Bonchev–Trinajstić information content (AvgIpc) is 2.54. The number of nitrogens with zero attached hydrogens (tertiary/aromatic N) is 1. The number of benzene rings is 2. The molecule has 2 aromatic rings. The molecule has 1 aliphatic rings. The first kappa shape index (κ1) is 15.9. The van der Waals surface area contributed by atoms with Gasteiger partial charge in [0.2, 0.25) is 5.91 Å². The van der Waals surface area contributed by atoms with Gasteiger partial charge in [-0.1, -0.05) is 36.4 Å². The average molecular weight is 331 g/mol. The van der Waals surface area contributed by atoms with E-state index in [1.165, 1.54) is 17.7 Å². The summed E-state index contributed by atoms with van der Waals surface area (Å²) in [5, 5.41) is 0. The van der Waals surface area contributed by atoms with E-state index < -0.39 is 10.8 Å². The molecule has 0 fully saturated rings. The summed E-state index contributed by atoms with van der Waals surface area (Å²) in [5.74, 6) is -0.264. The van der Waals surface area contributed by atoms with Crippen molar-refractivity contribution in [2.75, 3.05) is 12.3 Å². The van der Waals surface area contributed by atoms with Gasteiger partial charge in [-0.25, -0.2) is 4.39 Å². The van der Waals surface area contributed by atoms with Crippen molar-refractivity contribution in [1.29, 1.82) is 0 Å². The van der Waals surface area contributed by atoms with Crippen molar-refractivity contribution in [3.8, 4) is 0 Å². The lowest BCUT2D eigenvalue weighted by molar-refractivity contribution is -0.129. The summed E-state index contributed by atoms with van der Waals surface area (Å²) in [6, 6.07) is 14.1. The van der Waals surface area contributed by atoms with Crippen molar-refractivity contribution in [3.05, 3.63) is 71.0 Å². The van der Waals surface area contributed by atoms with Crippen LogP contribution >= 0.6 is 0 Å². The van der Waals surface area contributed by atoms with Gasteiger partial charge >= 0.3 is 0 Å². The summed E-state index contributed by atoms with van der Waals surface area (Å²) in [7, 11) is -1.33. The van der Waals surface area contributed by atoms with E-state index in [1.807, 2.05) is 18.2 Å². The summed E-state index contributed by atoms with van der Waals surface area (Å²) >= 11 is 0. The molecule has 1 amide bonds. The van der Waals surface area contributed by atoms with Gasteiger partial charge < -0.3 is 4.90 Å². The first-order valence-corrected chi connectivity index (χ1v) is 9.04. The maximum Gasteiger partial charge on any atom is 0.235 e. The Morgan fingerprint density at radius 3 is 2.70 bits per heavy atom. The topological polar surface area (TPSA) is 37.4 Å². The fraction of sp³-hybridized carbons (Fsp3) is 0.278. The Hall–Kier alpha value is -2.01. The first-order valence-electron chi connectivity index (χ1n) is 7.56. The lowest BCUT2D eigenvalue weighted by atomic mass is 10.00. The van der Waals surface area contributed by atoms with Crippen LogP contribution in [0, 0.1) is 5.82 Å². The zero-order valence-electron chi connectivity index (χ0n) is 12.7. The molecule has 2 aromatic carbocycles. The number of carbonyl (C=O) groups excluding carboxylic acids is 1. The minimum absolute atomic E-state index is 0.0152. The minimum Gasteiger partial charge on any atom is -0.337 e. The van der Waals surface area contributed by atoms with E-state index in [1.54, 1.807) is 17.0 Å². The van der Waals surface area contributed by atoms with Gasteiger partial charge in [0.05, 0.1) is 0 Å². The Bertz CT molecular complexity index is 747. The summed E-state index contributed by atoms with van der Waals surface area (Å²) in [4.78, 5) is 14.1. The Kier molecular flexibility index (Phi) is 4.86. The molecule has 1 aliphatic heterocycles. The van der Waals surface area contributed by atoms with Gasteiger partial charge in [0, 0.05) is 29.6 Å². The van der Waals surface area contributed by atoms with Crippen molar-refractivity contribution < 1.29 is 13.4 Å². The number of halogens is 1. The highest BCUT2D eigenvalue weighted by Gasteiger charge is 2.21. The largest absolute Gasteiger partial charge is 0.337 e. The van der Waals surface area contributed by atoms with Gasteiger partial charge in [0.25, 0.3) is 0 Å². The highest BCUT2D eigenvalue weighted by Crippen LogP contribution is 2.18. The molecule has 0 aliphatic carbocycles.